The molecule has 2 rings (SSSR count). The predicted octanol–water partition coefficient (Wildman–Crippen LogP) is 3.47. The smallest absolute Gasteiger partial charge is 0.307 e. The minimum Gasteiger partial charge on any atom is -0.481 e. The van der Waals surface area contributed by atoms with E-state index < -0.39 is 5.97 Å². The van der Waals surface area contributed by atoms with Gasteiger partial charge >= 0.3 is 11.9 Å². The van der Waals surface area contributed by atoms with Gasteiger partial charge in [-0.1, -0.05) is 49.2 Å². The summed E-state index contributed by atoms with van der Waals surface area (Å²) in [7, 11) is 0. The number of rotatable bonds is 4. The molecule has 4 nitrogen and oxygen atoms in total. The number of benzene rings is 2. The van der Waals surface area contributed by atoms with Crippen LogP contribution in [0, 0.1) is 17.8 Å². The maximum Gasteiger partial charge on any atom is 0.307 e. The number of hydrogen-bond donors (Lipinski definition) is 1. The SMILES string of the molecule is CC(C#CC(=O)N(c1ccccc1)c1ccccc1)CC(=O)O. The van der Waals surface area contributed by atoms with Gasteiger partial charge in [0, 0.05) is 17.3 Å². The Morgan fingerprint density at radius 1 is 1.00 bits per heavy atom. The largest absolute Gasteiger partial charge is 0.481 e. The van der Waals surface area contributed by atoms with E-state index in [-0.39, 0.29) is 18.2 Å². The van der Waals surface area contributed by atoms with Crippen molar-refractivity contribution >= 4 is 23.3 Å². The molecular formula is C19H17NO3. The van der Waals surface area contributed by atoms with Gasteiger partial charge in [-0.15, -0.1) is 0 Å². The number of anilines is 2. The summed E-state index contributed by atoms with van der Waals surface area (Å²) in [6.07, 6.45) is -0.0864. The van der Waals surface area contributed by atoms with E-state index in [1.54, 1.807) is 6.92 Å². The lowest BCUT2D eigenvalue weighted by atomic mass is 10.1. The summed E-state index contributed by atoms with van der Waals surface area (Å²) in [6, 6.07) is 18.4. The Kier molecular flexibility index (Phi) is 5.54. The van der Waals surface area contributed by atoms with Crippen molar-refractivity contribution in [2.45, 2.75) is 13.3 Å². The Hall–Kier alpha value is -3.06. The highest BCUT2D eigenvalue weighted by Gasteiger charge is 2.16. The molecule has 0 bridgehead atoms. The molecule has 1 amide bonds. The molecule has 0 heterocycles. The van der Waals surface area contributed by atoms with E-state index in [0.29, 0.717) is 11.4 Å². The van der Waals surface area contributed by atoms with Crippen LogP contribution in [0.15, 0.2) is 60.7 Å². The fraction of sp³-hybridized carbons (Fsp3) is 0.158. The number of amides is 1. The predicted molar refractivity (Wildman–Crippen MR) is 89.2 cm³/mol. The van der Waals surface area contributed by atoms with Crippen LogP contribution in [-0.2, 0) is 9.59 Å². The Labute approximate surface area is 135 Å². The van der Waals surface area contributed by atoms with Crippen LogP contribution in [0.25, 0.3) is 0 Å². The number of carbonyl (C=O) groups is 2. The number of carbonyl (C=O) groups excluding carboxylic acids is 1. The van der Waals surface area contributed by atoms with Crippen LogP contribution in [0.5, 0.6) is 0 Å². The third-order valence-corrected chi connectivity index (χ3v) is 3.14. The molecule has 0 saturated heterocycles. The first-order valence-electron chi connectivity index (χ1n) is 7.25. The Morgan fingerprint density at radius 3 is 1.91 bits per heavy atom. The van der Waals surface area contributed by atoms with Crippen molar-refractivity contribution < 1.29 is 14.7 Å². The third kappa shape index (κ3) is 4.72. The van der Waals surface area contributed by atoms with Gasteiger partial charge in [-0.05, 0) is 30.2 Å². The molecular weight excluding hydrogens is 290 g/mol. The summed E-state index contributed by atoms with van der Waals surface area (Å²) in [5.41, 5.74) is 1.42. The fourth-order valence-corrected chi connectivity index (χ4v) is 2.09. The number of aliphatic carboxylic acids is 1. The Morgan fingerprint density at radius 2 is 1.48 bits per heavy atom. The lowest BCUT2D eigenvalue weighted by Gasteiger charge is -2.20. The summed E-state index contributed by atoms with van der Waals surface area (Å²) >= 11 is 0. The van der Waals surface area contributed by atoms with Crippen molar-refractivity contribution in [3.05, 3.63) is 60.7 Å². The maximum absolute atomic E-state index is 12.5. The minimum atomic E-state index is -0.928. The van der Waals surface area contributed by atoms with Crippen molar-refractivity contribution in [1.29, 1.82) is 0 Å². The Bertz CT molecular complexity index is 690. The van der Waals surface area contributed by atoms with Gasteiger partial charge in [-0.25, -0.2) is 0 Å². The number of nitrogens with zero attached hydrogens (tertiary/aromatic N) is 1. The highest BCUT2D eigenvalue weighted by Crippen LogP contribution is 2.24. The maximum atomic E-state index is 12.5. The van der Waals surface area contributed by atoms with E-state index in [2.05, 4.69) is 11.8 Å². The van der Waals surface area contributed by atoms with Gasteiger partial charge in [0.05, 0.1) is 6.42 Å². The van der Waals surface area contributed by atoms with Crippen LogP contribution < -0.4 is 4.90 Å². The van der Waals surface area contributed by atoms with E-state index in [0.717, 1.165) is 0 Å². The van der Waals surface area contributed by atoms with Crippen molar-refractivity contribution in [2.75, 3.05) is 4.90 Å². The Balaban J connectivity index is 2.30. The highest BCUT2D eigenvalue weighted by molar-refractivity contribution is 6.10. The van der Waals surface area contributed by atoms with E-state index in [4.69, 9.17) is 5.11 Å². The monoisotopic (exact) mass is 307 g/mol. The number of carboxylic acid groups (broad SMARTS) is 1. The molecule has 1 atom stereocenters. The van der Waals surface area contributed by atoms with Gasteiger partial charge in [0.1, 0.15) is 0 Å². The molecule has 0 aromatic heterocycles. The molecule has 1 unspecified atom stereocenters. The summed E-state index contributed by atoms with van der Waals surface area (Å²) in [5, 5.41) is 8.75. The lowest BCUT2D eigenvalue weighted by molar-refractivity contribution is -0.137. The average Bonchev–Trinajstić information content (AvgIpc) is 2.55. The topological polar surface area (TPSA) is 57.6 Å². The average molecular weight is 307 g/mol. The molecule has 0 aliphatic rings. The van der Waals surface area contributed by atoms with Crippen molar-refractivity contribution in [3.8, 4) is 11.8 Å². The van der Waals surface area contributed by atoms with E-state index >= 15 is 0 Å². The second kappa shape index (κ2) is 7.81. The van der Waals surface area contributed by atoms with Crippen LogP contribution in [0.2, 0.25) is 0 Å². The molecule has 116 valence electrons. The zero-order valence-corrected chi connectivity index (χ0v) is 12.8. The standard InChI is InChI=1S/C19H17NO3/c1-15(14-19(22)23)12-13-18(21)20(16-8-4-2-5-9-16)17-10-6-3-7-11-17/h2-11,15H,14H2,1H3,(H,22,23). The third-order valence-electron chi connectivity index (χ3n) is 3.14. The van der Waals surface area contributed by atoms with Crippen LogP contribution in [0.1, 0.15) is 13.3 Å². The minimum absolute atomic E-state index is 0.0864. The van der Waals surface area contributed by atoms with Gasteiger partial charge in [0.15, 0.2) is 0 Å². The van der Waals surface area contributed by atoms with Gasteiger partial charge in [0.25, 0.3) is 0 Å². The quantitative estimate of drug-likeness (QED) is 0.880. The first-order valence-corrected chi connectivity index (χ1v) is 7.25. The summed E-state index contributed by atoms with van der Waals surface area (Å²) in [6.45, 7) is 1.68. The molecule has 1 N–H and O–H groups in total. The second-order valence-corrected chi connectivity index (χ2v) is 5.08. The number of para-hydroxylation sites is 2. The fourth-order valence-electron chi connectivity index (χ4n) is 2.09. The number of carboxylic acids is 1. The van der Waals surface area contributed by atoms with Crippen molar-refractivity contribution in [2.24, 2.45) is 5.92 Å². The molecule has 0 saturated carbocycles. The van der Waals surface area contributed by atoms with E-state index in [1.165, 1.54) is 4.90 Å². The normalized spacial score (nSPS) is 11.0. The highest BCUT2D eigenvalue weighted by atomic mass is 16.4. The van der Waals surface area contributed by atoms with Crippen LogP contribution in [-0.4, -0.2) is 17.0 Å². The molecule has 2 aromatic carbocycles. The van der Waals surface area contributed by atoms with Gasteiger partial charge < -0.3 is 5.11 Å². The van der Waals surface area contributed by atoms with Gasteiger partial charge in [-0.3, -0.25) is 14.5 Å². The van der Waals surface area contributed by atoms with Crippen LogP contribution in [0.4, 0.5) is 11.4 Å². The molecule has 0 aliphatic carbocycles. The molecule has 23 heavy (non-hydrogen) atoms. The zero-order chi connectivity index (χ0) is 16.7. The van der Waals surface area contributed by atoms with E-state index in [9.17, 15) is 9.59 Å². The zero-order valence-electron chi connectivity index (χ0n) is 12.8. The van der Waals surface area contributed by atoms with Crippen LogP contribution in [0.3, 0.4) is 0 Å². The lowest BCUT2D eigenvalue weighted by Crippen LogP contribution is -2.24. The molecule has 4 heteroatoms. The summed E-state index contributed by atoms with van der Waals surface area (Å²) in [4.78, 5) is 24.7. The molecule has 0 aliphatic heterocycles. The number of hydrogen-bond acceptors (Lipinski definition) is 2. The van der Waals surface area contributed by atoms with Gasteiger partial charge in [-0.2, -0.15) is 0 Å². The molecule has 2 aromatic rings. The summed E-state index contributed by atoms with van der Waals surface area (Å²) < 4.78 is 0. The molecule has 0 spiro atoms. The molecule has 0 fully saturated rings. The first-order chi connectivity index (χ1) is 11.1. The summed E-state index contributed by atoms with van der Waals surface area (Å²) in [5.74, 6) is 3.57. The van der Waals surface area contributed by atoms with Crippen LogP contribution >= 0.6 is 0 Å². The van der Waals surface area contributed by atoms with Gasteiger partial charge in [0.2, 0.25) is 0 Å². The first kappa shape index (κ1) is 16.3. The van der Waals surface area contributed by atoms with E-state index in [1.807, 2.05) is 60.7 Å². The van der Waals surface area contributed by atoms with Crippen molar-refractivity contribution in [3.63, 3.8) is 0 Å². The second-order valence-electron chi connectivity index (χ2n) is 5.08. The van der Waals surface area contributed by atoms with Crippen molar-refractivity contribution in [1.82, 2.24) is 0 Å². The molecule has 0 radical (unpaired) electrons.